The Morgan fingerprint density at radius 1 is 1.38 bits per heavy atom. The Labute approximate surface area is 99.6 Å². The summed E-state index contributed by atoms with van der Waals surface area (Å²) >= 11 is 0. The smallest absolute Gasteiger partial charge is 0.0897 e. The third-order valence-electron chi connectivity index (χ3n) is 3.17. The average Bonchev–Trinajstić information content (AvgIpc) is 2.23. The molecule has 0 radical (unpaired) electrons. The summed E-state index contributed by atoms with van der Waals surface area (Å²) in [6.07, 6.45) is 4.92. The molecule has 0 aliphatic heterocycles. The number of hydrogen-bond donors (Lipinski definition) is 2. The van der Waals surface area contributed by atoms with Gasteiger partial charge in [0.05, 0.1) is 18.8 Å². The summed E-state index contributed by atoms with van der Waals surface area (Å²) in [5.74, 6) is 0.782. The van der Waals surface area contributed by atoms with Crippen LogP contribution in [0.2, 0.25) is 0 Å². The zero-order chi connectivity index (χ0) is 12.0. The minimum atomic E-state index is -0.375. The van der Waals surface area contributed by atoms with Crippen molar-refractivity contribution in [2.24, 2.45) is 5.92 Å². The maximum Gasteiger partial charge on any atom is 0.0897 e. The summed E-state index contributed by atoms with van der Waals surface area (Å²) in [7, 11) is 0. The molecule has 96 valence electrons. The molecule has 2 N–H and O–H groups in total. The second-order valence-electron chi connectivity index (χ2n) is 5.44. The molecular formula is C13H27NO2. The van der Waals surface area contributed by atoms with Crippen LogP contribution in [-0.4, -0.2) is 36.5 Å². The summed E-state index contributed by atoms with van der Waals surface area (Å²) < 4.78 is 5.76. The fourth-order valence-corrected chi connectivity index (χ4v) is 2.21. The molecule has 1 fully saturated rings. The first-order valence-corrected chi connectivity index (χ1v) is 6.61. The summed E-state index contributed by atoms with van der Waals surface area (Å²) in [5.41, 5.74) is 0. The second kappa shape index (κ2) is 7.25. The van der Waals surface area contributed by atoms with Crippen molar-refractivity contribution in [1.82, 2.24) is 5.32 Å². The first-order chi connectivity index (χ1) is 7.58. The van der Waals surface area contributed by atoms with Crippen molar-refractivity contribution in [2.45, 2.75) is 64.7 Å². The third kappa shape index (κ3) is 5.83. The van der Waals surface area contributed by atoms with E-state index in [0.717, 1.165) is 18.8 Å². The lowest BCUT2D eigenvalue weighted by atomic mass is 9.89. The largest absolute Gasteiger partial charge is 0.389 e. The predicted molar refractivity (Wildman–Crippen MR) is 66.5 cm³/mol. The van der Waals surface area contributed by atoms with Gasteiger partial charge in [0, 0.05) is 12.6 Å². The van der Waals surface area contributed by atoms with Crippen LogP contribution in [0.4, 0.5) is 0 Å². The monoisotopic (exact) mass is 229 g/mol. The summed E-state index contributed by atoms with van der Waals surface area (Å²) in [5, 5.41) is 12.9. The molecule has 1 aliphatic carbocycles. The lowest BCUT2D eigenvalue weighted by Gasteiger charge is -2.27. The van der Waals surface area contributed by atoms with E-state index in [1.165, 1.54) is 12.8 Å². The van der Waals surface area contributed by atoms with Crippen LogP contribution in [0.5, 0.6) is 0 Å². The molecule has 3 heteroatoms. The van der Waals surface area contributed by atoms with E-state index in [4.69, 9.17) is 4.74 Å². The van der Waals surface area contributed by atoms with Crippen molar-refractivity contribution >= 4 is 0 Å². The summed E-state index contributed by atoms with van der Waals surface area (Å²) in [4.78, 5) is 0. The fraction of sp³-hybridized carbons (Fsp3) is 1.00. The van der Waals surface area contributed by atoms with Crippen LogP contribution in [0.1, 0.15) is 46.5 Å². The van der Waals surface area contributed by atoms with Crippen molar-refractivity contribution < 1.29 is 9.84 Å². The molecule has 1 saturated carbocycles. The zero-order valence-corrected chi connectivity index (χ0v) is 10.9. The molecule has 0 aromatic rings. The van der Waals surface area contributed by atoms with Gasteiger partial charge in [0.15, 0.2) is 0 Å². The van der Waals surface area contributed by atoms with Crippen molar-refractivity contribution in [1.29, 1.82) is 0 Å². The molecule has 0 heterocycles. The average molecular weight is 229 g/mol. The van der Waals surface area contributed by atoms with Crippen molar-refractivity contribution in [3.05, 3.63) is 0 Å². The van der Waals surface area contributed by atoms with Crippen molar-refractivity contribution in [3.8, 4) is 0 Å². The Kier molecular flexibility index (Phi) is 6.32. The van der Waals surface area contributed by atoms with Gasteiger partial charge >= 0.3 is 0 Å². The van der Waals surface area contributed by atoms with Crippen molar-refractivity contribution in [2.75, 3.05) is 13.2 Å². The number of ether oxygens (including phenoxy) is 1. The Bertz CT molecular complexity index is 185. The highest BCUT2D eigenvalue weighted by Crippen LogP contribution is 2.25. The van der Waals surface area contributed by atoms with Gasteiger partial charge in [-0.2, -0.15) is 0 Å². The number of rotatable bonds is 6. The number of aliphatic hydroxyl groups is 1. The van der Waals surface area contributed by atoms with Gasteiger partial charge < -0.3 is 15.2 Å². The number of nitrogens with one attached hydrogen (secondary N) is 1. The summed E-state index contributed by atoms with van der Waals surface area (Å²) in [6.45, 7) is 7.54. The van der Waals surface area contributed by atoms with E-state index < -0.39 is 0 Å². The maximum absolute atomic E-state index is 9.71. The number of hydrogen-bond acceptors (Lipinski definition) is 3. The van der Waals surface area contributed by atoms with E-state index in [-0.39, 0.29) is 6.10 Å². The van der Waals surface area contributed by atoms with E-state index in [1.807, 2.05) is 0 Å². The van der Waals surface area contributed by atoms with Gasteiger partial charge in [-0.1, -0.05) is 33.6 Å². The molecule has 0 aromatic carbocycles. The SMILES string of the molecule is CC1CCCC(OCC(O)CNC(C)C)C1. The molecule has 0 spiro atoms. The lowest BCUT2D eigenvalue weighted by molar-refractivity contribution is -0.0309. The molecule has 3 unspecified atom stereocenters. The Balaban J connectivity index is 2.08. The molecule has 3 nitrogen and oxygen atoms in total. The van der Waals surface area contributed by atoms with Gasteiger partial charge in [-0.3, -0.25) is 0 Å². The normalized spacial score (nSPS) is 28.3. The first-order valence-electron chi connectivity index (χ1n) is 6.61. The molecule has 0 bridgehead atoms. The van der Waals surface area contributed by atoms with Gasteiger partial charge in [0.25, 0.3) is 0 Å². The van der Waals surface area contributed by atoms with E-state index in [9.17, 15) is 5.11 Å². The molecule has 1 rings (SSSR count). The quantitative estimate of drug-likeness (QED) is 0.731. The molecule has 0 saturated heterocycles. The van der Waals surface area contributed by atoms with Crippen LogP contribution in [0.15, 0.2) is 0 Å². The third-order valence-corrected chi connectivity index (χ3v) is 3.17. The van der Waals surface area contributed by atoms with Gasteiger partial charge in [0.1, 0.15) is 0 Å². The highest BCUT2D eigenvalue weighted by atomic mass is 16.5. The van der Waals surface area contributed by atoms with Gasteiger partial charge in [-0.25, -0.2) is 0 Å². The van der Waals surface area contributed by atoms with Gasteiger partial charge in [0.2, 0.25) is 0 Å². The Hall–Kier alpha value is -0.120. The highest BCUT2D eigenvalue weighted by molar-refractivity contribution is 4.71. The minimum Gasteiger partial charge on any atom is -0.389 e. The minimum absolute atomic E-state index is 0.373. The standard InChI is InChI=1S/C13H27NO2/c1-10(2)14-8-12(15)9-16-13-6-4-5-11(3)7-13/h10-15H,4-9H2,1-3H3. The Morgan fingerprint density at radius 3 is 2.75 bits per heavy atom. The van der Waals surface area contributed by atoms with Crippen LogP contribution >= 0.6 is 0 Å². The second-order valence-corrected chi connectivity index (χ2v) is 5.44. The topological polar surface area (TPSA) is 41.5 Å². The van der Waals surface area contributed by atoms with E-state index in [0.29, 0.717) is 25.3 Å². The summed E-state index contributed by atoms with van der Waals surface area (Å²) in [6, 6.07) is 0.421. The number of aliphatic hydroxyl groups excluding tert-OH is 1. The lowest BCUT2D eigenvalue weighted by Crippen LogP contribution is -2.36. The Morgan fingerprint density at radius 2 is 2.12 bits per heavy atom. The molecule has 0 amide bonds. The zero-order valence-electron chi connectivity index (χ0n) is 10.9. The molecular weight excluding hydrogens is 202 g/mol. The van der Waals surface area contributed by atoms with Crippen LogP contribution < -0.4 is 5.32 Å². The maximum atomic E-state index is 9.71. The van der Waals surface area contributed by atoms with Gasteiger partial charge in [-0.15, -0.1) is 0 Å². The van der Waals surface area contributed by atoms with Gasteiger partial charge in [-0.05, 0) is 18.8 Å². The van der Waals surface area contributed by atoms with Crippen LogP contribution in [0, 0.1) is 5.92 Å². The molecule has 16 heavy (non-hydrogen) atoms. The van der Waals surface area contributed by atoms with E-state index in [1.54, 1.807) is 0 Å². The van der Waals surface area contributed by atoms with Crippen LogP contribution in [0.25, 0.3) is 0 Å². The van der Waals surface area contributed by atoms with Crippen LogP contribution in [-0.2, 0) is 4.74 Å². The molecule has 3 atom stereocenters. The fourth-order valence-electron chi connectivity index (χ4n) is 2.21. The van der Waals surface area contributed by atoms with Crippen molar-refractivity contribution in [3.63, 3.8) is 0 Å². The molecule has 1 aliphatic rings. The highest BCUT2D eigenvalue weighted by Gasteiger charge is 2.20. The molecule has 0 aromatic heterocycles. The van der Waals surface area contributed by atoms with Crippen LogP contribution in [0.3, 0.4) is 0 Å². The van der Waals surface area contributed by atoms with E-state index >= 15 is 0 Å². The predicted octanol–water partition coefficient (Wildman–Crippen LogP) is 1.94. The van der Waals surface area contributed by atoms with E-state index in [2.05, 4.69) is 26.1 Å². The first kappa shape index (κ1) is 13.9.